The normalized spacial score (nSPS) is 31.6. The number of nitrogens with zero attached hydrogens (tertiary/aromatic N) is 3. The van der Waals surface area contributed by atoms with Gasteiger partial charge in [-0.15, -0.1) is 19.1 Å². The summed E-state index contributed by atoms with van der Waals surface area (Å²) in [6, 6.07) is 3.39. The molecule has 3 heterocycles. The third-order valence-electron chi connectivity index (χ3n) is 7.69. The first-order valence-electron chi connectivity index (χ1n) is 11.3. The van der Waals surface area contributed by atoms with Crippen molar-refractivity contribution in [3.05, 3.63) is 38.3 Å². The maximum atomic E-state index is 5.76. The van der Waals surface area contributed by atoms with Gasteiger partial charge in [0.2, 0.25) is 0 Å². The van der Waals surface area contributed by atoms with Crippen LogP contribution in [0.25, 0.3) is 22.4 Å². The molecule has 0 aromatic heterocycles. The van der Waals surface area contributed by atoms with E-state index in [0.717, 1.165) is 31.8 Å². The molecule has 1 saturated heterocycles. The first-order chi connectivity index (χ1) is 15.0. The molecule has 4 nitrogen and oxygen atoms in total. The van der Waals surface area contributed by atoms with E-state index in [9.17, 15) is 0 Å². The Hall–Kier alpha value is -0.252. The average Bonchev–Trinajstić information content (AvgIpc) is 3.06. The molecule has 2 fully saturated rings. The van der Waals surface area contributed by atoms with E-state index in [1.807, 2.05) is 7.11 Å². The number of rotatable bonds is 2. The van der Waals surface area contributed by atoms with Crippen LogP contribution in [0.2, 0.25) is 0 Å². The van der Waals surface area contributed by atoms with Gasteiger partial charge < -0.3 is 20.3 Å². The Morgan fingerprint density at radius 1 is 1.19 bits per heavy atom. The second kappa shape index (κ2) is 10.3. The topological polar surface area (TPSA) is 40.7 Å². The third kappa shape index (κ3) is 4.58. The molecule has 4 aliphatic rings. The van der Waals surface area contributed by atoms with Crippen molar-refractivity contribution < 1.29 is 21.2 Å². The number of methoxy groups -OCH3 is 1. The first-order valence-corrected chi connectivity index (χ1v) is 16.9. The summed E-state index contributed by atoms with van der Waals surface area (Å²) in [5, 5.41) is 12.7. The molecule has 1 aromatic carbocycles. The fourth-order valence-corrected chi connectivity index (χ4v) is 6.13. The van der Waals surface area contributed by atoms with E-state index in [1.54, 1.807) is 0 Å². The van der Waals surface area contributed by atoms with Crippen molar-refractivity contribution in [1.29, 1.82) is 0 Å². The molecule has 1 aliphatic carbocycles. The monoisotopic (exact) mass is 644 g/mol. The van der Waals surface area contributed by atoms with E-state index in [1.165, 1.54) is 52.2 Å². The number of benzene rings is 1. The summed E-state index contributed by atoms with van der Waals surface area (Å²) < 4.78 is 5.76. The van der Waals surface area contributed by atoms with Crippen molar-refractivity contribution >= 4 is 36.3 Å². The van der Waals surface area contributed by atoms with Gasteiger partial charge >= 0.3 is 35.3 Å². The van der Waals surface area contributed by atoms with E-state index in [4.69, 9.17) is 34.2 Å². The Bertz CT molecular complexity index is 916. The molecule has 1 aromatic rings. The molecule has 5 rings (SSSR count). The van der Waals surface area contributed by atoms with Crippen LogP contribution in [0.5, 0.6) is 0 Å². The molecule has 5 atom stereocenters. The van der Waals surface area contributed by atoms with Crippen LogP contribution in [-0.2, 0) is 21.2 Å². The van der Waals surface area contributed by atoms with Crippen molar-refractivity contribution in [3.63, 3.8) is 0 Å². The summed E-state index contributed by atoms with van der Waals surface area (Å²) in [6.45, 7) is 6.41. The number of anilines is 1. The zero-order chi connectivity index (χ0) is 22.1. The van der Waals surface area contributed by atoms with Crippen molar-refractivity contribution in [1.82, 2.24) is 0 Å². The molecule has 0 spiro atoms. The summed E-state index contributed by atoms with van der Waals surface area (Å²) in [5.41, 5.74) is 5.69. The fraction of sp³-hybridized carbons (Fsp3) is 0.667. The van der Waals surface area contributed by atoms with Gasteiger partial charge in [0.25, 0.3) is 0 Å². The minimum atomic E-state index is -0.472. The number of ether oxygens (including phenoxy) is 1. The van der Waals surface area contributed by atoms with Gasteiger partial charge in [0, 0.05) is 31.8 Å². The number of halogens is 2. The van der Waals surface area contributed by atoms with Crippen molar-refractivity contribution in [2.24, 2.45) is 5.92 Å². The second-order valence-corrected chi connectivity index (χ2v) is 12.7. The van der Waals surface area contributed by atoms with Crippen LogP contribution in [0, 0.1) is 12.8 Å². The molecular weight excluding hydrogens is 612 g/mol. The predicted octanol–water partition coefficient (Wildman–Crippen LogP) is 4.92. The number of fused-ring (bicyclic) bond motifs is 4. The van der Waals surface area contributed by atoms with Gasteiger partial charge in [-0.2, -0.15) is 5.70 Å². The molecular formula is C24H33Cl2N3OPt. The molecule has 0 bridgehead atoms. The van der Waals surface area contributed by atoms with E-state index in [2.05, 4.69) is 37.9 Å². The molecule has 0 radical (unpaired) electrons. The van der Waals surface area contributed by atoms with Gasteiger partial charge in [-0.1, -0.05) is 37.8 Å². The Balaban J connectivity index is 0.000000730. The van der Waals surface area contributed by atoms with Gasteiger partial charge in [-0.05, 0) is 47.8 Å². The predicted molar refractivity (Wildman–Crippen MR) is 128 cm³/mol. The van der Waals surface area contributed by atoms with Crippen LogP contribution in [0.3, 0.4) is 0 Å². The minimum absolute atomic E-state index is 0.286. The van der Waals surface area contributed by atoms with Gasteiger partial charge in [0.05, 0.1) is 6.10 Å². The molecule has 0 N–H and O–H groups in total. The van der Waals surface area contributed by atoms with Crippen LogP contribution in [0.15, 0.2) is 6.07 Å². The van der Waals surface area contributed by atoms with Gasteiger partial charge in [0.15, 0.2) is 0 Å². The second-order valence-electron chi connectivity index (χ2n) is 9.39. The zero-order valence-corrected chi connectivity index (χ0v) is 22.6. The van der Waals surface area contributed by atoms with E-state index >= 15 is 0 Å². The summed E-state index contributed by atoms with van der Waals surface area (Å²) in [7, 11) is 13.9. The molecule has 174 valence electrons. The summed E-state index contributed by atoms with van der Waals surface area (Å²) >= 11 is -0.472. The Morgan fingerprint density at radius 3 is 2.65 bits per heavy atom. The quantitative estimate of drug-likeness (QED) is 0.459. The van der Waals surface area contributed by atoms with Crippen LogP contribution < -0.4 is 15.3 Å². The number of hydrogen-bond acceptors (Lipinski definition) is 2. The van der Waals surface area contributed by atoms with Gasteiger partial charge in [-0.25, -0.2) is 0 Å². The summed E-state index contributed by atoms with van der Waals surface area (Å²) in [5.74, 6) is 1.30. The number of hydrogen-bond donors (Lipinski definition) is 0. The van der Waals surface area contributed by atoms with Gasteiger partial charge in [0.1, 0.15) is 0 Å². The Labute approximate surface area is 203 Å². The fourth-order valence-electron chi connectivity index (χ4n) is 6.13. The Kier molecular flexibility index (Phi) is 7.97. The van der Waals surface area contributed by atoms with Crippen molar-refractivity contribution in [3.8, 4) is 0 Å². The first kappa shape index (κ1) is 23.9. The third-order valence-corrected chi connectivity index (χ3v) is 7.69. The van der Waals surface area contributed by atoms with E-state index in [0.29, 0.717) is 18.1 Å². The van der Waals surface area contributed by atoms with Crippen LogP contribution in [0.1, 0.15) is 56.1 Å². The zero-order valence-electron chi connectivity index (χ0n) is 18.8. The average molecular weight is 646 g/mol. The van der Waals surface area contributed by atoms with E-state index in [-0.39, 0.29) is 6.04 Å². The molecule has 31 heavy (non-hydrogen) atoms. The SMILES string of the molecule is COC1CCC2C(C1)c1cc3c(c(C)c1N2C)=CC[N-]C=3C1CCC(C)C[N-]1.[Cl][Pt+2][Cl]. The Morgan fingerprint density at radius 2 is 1.97 bits per heavy atom. The van der Waals surface area contributed by atoms with Crippen molar-refractivity contribution in [2.45, 2.75) is 70.1 Å². The van der Waals surface area contributed by atoms with E-state index < -0.39 is 16.5 Å². The van der Waals surface area contributed by atoms with Gasteiger partial charge in [-0.3, -0.25) is 0 Å². The summed E-state index contributed by atoms with van der Waals surface area (Å²) in [4.78, 5) is 2.56. The van der Waals surface area contributed by atoms with Crippen LogP contribution in [-0.4, -0.2) is 45.4 Å². The van der Waals surface area contributed by atoms with Crippen molar-refractivity contribution in [2.75, 3.05) is 32.1 Å². The molecule has 7 heteroatoms. The molecule has 5 unspecified atom stereocenters. The molecule has 0 amide bonds. The van der Waals surface area contributed by atoms with Crippen LogP contribution in [0.4, 0.5) is 5.69 Å². The molecule has 3 aliphatic heterocycles. The number of likely N-dealkylation sites (N-methyl/N-ethyl adjacent to an activating group) is 1. The summed E-state index contributed by atoms with van der Waals surface area (Å²) in [6.07, 6.45) is 8.66. The molecule has 1 saturated carbocycles. The number of piperidine rings is 1. The van der Waals surface area contributed by atoms with Crippen LogP contribution >= 0.6 is 18.8 Å². The standard InChI is InChI=1S/C24H33N3O.2ClH.Pt/c1-14-5-7-21(26-13-14)23-19-12-20-18-11-16(28-4)6-8-22(18)27(3)24(20)15(2)17(19)9-10-25-23;;;/h9,12,14,16,18,21-22H,5-8,10-11,13H2,1-4H3;2*1H;/q-2;;;+4/p-2. The maximum absolute atomic E-state index is 5.76.